The molecular formula is C58H101N3O10. The summed E-state index contributed by atoms with van der Waals surface area (Å²) in [5.74, 6) is -1.50. The van der Waals surface area contributed by atoms with E-state index in [1.807, 2.05) is 12.1 Å². The number of aliphatic hydroxyl groups excluding tert-OH is 1. The Balaban J connectivity index is 0.000000505. The van der Waals surface area contributed by atoms with E-state index in [-0.39, 0.29) is 94.0 Å². The normalized spacial score (nSPS) is 21.9. The number of ether oxygens (including phenoxy) is 4. The molecule has 3 aliphatic rings. The van der Waals surface area contributed by atoms with Gasteiger partial charge in [0.2, 0.25) is 0 Å². The number of esters is 4. The molecule has 3 fully saturated rings. The van der Waals surface area contributed by atoms with E-state index in [9.17, 15) is 29.4 Å². The molecule has 2 N–H and O–H groups in total. The van der Waals surface area contributed by atoms with Crippen molar-refractivity contribution in [3.8, 4) is 5.75 Å². The maximum Gasteiger partial charge on any atom is 0.324 e. The molecule has 1 aromatic rings. The molecule has 1 aromatic carbocycles. The van der Waals surface area contributed by atoms with Gasteiger partial charge >= 0.3 is 23.9 Å². The first-order chi connectivity index (χ1) is 32.1. The van der Waals surface area contributed by atoms with Crippen LogP contribution < -0.4 is 0 Å². The van der Waals surface area contributed by atoms with Crippen molar-refractivity contribution in [1.29, 1.82) is 0 Å². The monoisotopic (exact) mass is 1000 g/mol. The van der Waals surface area contributed by atoms with E-state index in [0.29, 0.717) is 57.9 Å². The maximum absolute atomic E-state index is 15.0. The fourth-order valence-corrected chi connectivity index (χ4v) is 12.0. The minimum Gasteiger partial charge on any atom is -0.507 e. The molecule has 0 spiro atoms. The van der Waals surface area contributed by atoms with Gasteiger partial charge in [0.25, 0.3) is 0 Å². The van der Waals surface area contributed by atoms with Gasteiger partial charge in [0.05, 0.1) is 26.1 Å². The number of phenols is 1. The summed E-state index contributed by atoms with van der Waals surface area (Å²) < 4.78 is 22.8. The van der Waals surface area contributed by atoms with Crippen LogP contribution in [0.25, 0.3) is 0 Å². The zero-order valence-corrected chi connectivity index (χ0v) is 48.8. The van der Waals surface area contributed by atoms with Crippen LogP contribution in [0.4, 0.5) is 0 Å². The van der Waals surface area contributed by atoms with Gasteiger partial charge in [-0.3, -0.25) is 33.9 Å². The highest BCUT2D eigenvalue weighted by molar-refractivity contribution is 6.00. The summed E-state index contributed by atoms with van der Waals surface area (Å²) in [6.45, 7) is 41.4. The quantitative estimate of drug-likeness (QED) is 0.0974. The second kappa shape index (κ2) is 22.7. The van der Waals surface area contributed by atoms with Crippen molar-refractivity contribution in [2.75, 3.05) is 34.4 Å². The van der Waals surface area contributed by atoms with Crippen molar-refractivity contribution in [2.24, 2.45) is 5.41 Å². The SMILES string of the molecule is CCCCC(Cc1cc(C(C)(C)C)c(O)c(C(C)(C)C)c1)(C(=O)OC1CC(C)(C)N(C)C(C)(C)C1)C(=O)OC1CC(C)(C)N(C)C(C)(C)C1.COC(=O)CCC(=O)OCCN1C(C)(C)CC(O)CC1(C)C. The van der Waals surface area contributed by atoms with Crippen molar-refractivity contribution in [3.63, 3.8) is 0 Å². The summed E-state index contributed by atoms with van der Waals surface area (Å²) in [6.07, 6.45) is 5.20. The first kappa shape index (κ1) is 62.0. The summed E-state index contributed by atoms with van der Waals surface area (Å²) in [6, 6.07) is 3.99. The summed E-state index contributed by atoms with van der Waals surface area (Å²) >= 11 is 0. The molecule has 0 saturated carbocycles. The van der Waals surface area contributed by atoms with Crippen molar-refractivity contribution in [3.05, 3.63) is 28.8 Å². The standard InChI is InChI=1S/C42H72N2O5.C16H29NO5/c1-18-19-20-42(34(46)48-29-24-38(8,9)43(16)39(10,11)25-29,35(47)49-30-26-40(12,13)44(17)41(14,15)27-30)23-28-21-31(36(2,3)4)33(45)32(22-28)37(5,6)7;1-15(2)10-12(18)11-16(3,4)17(15)8-9-22-14(20)7-6-13(19)21-5/h21-22,29-30,45H,18-20,23-27H2,1-17H3;12,18H,6-11H2,1-5H3. The topological polar surface area (TPSA) is 155 Å². The van der Waals surface area contributed by atoms with Crippen LogP contribution in [-0.2, 0) is 55.4 Å². The van der Waals surface area contributed by atoms with Crippen molar-refractivity contribution in [1.82, 2.24) is 14.7 Å². The van der Waals surface area contributed by atoms with E-state index in [0.717, 1.165) is 23.1 Å². The molecule has 4 rings (SSSR count). The van der Waals surface area contributed by atoms with Gasteiger partial charge in [0.15, 0.2) is 5.41 Å². The number of carbonyl (C=O) groups excluding carboxylic acids is 4. The number of aromatic hydroxyl groups is 1. The van der Waals surface area contributed by atoms with Crippen LogP contribution in [0.15, 0.2) is 12.1 Å². The van der Waals surface area contributed by atoms with Gasteiger partial charge in [-0.05, 0) is 150 Å². The number of unbranched alkanes of at least 4 members (excludes halogenated alkanes) is 1. The average molecular weight is 1000 g/mol. The Hall–Kier alpha value is -3.26. The van der Waals surface area contributed by atoms with Gasteiger partial charge in [0, 0.05) is 65.5 Å². The Bertz CT molecular complexity index is 1860. The fourth-order valence-electron chi connectivity index (χ4n) is 12.0. The number of rotatable bonds is 15. The Morgan fingerprint density at radius 2 is 1.01 bits per heavy atom. The molecule has 0 aliphatic carbocycles. The molecule has 0 amide bonds. The van der Waals surface area contributed by atoms with E-state index < -0.39 is 29.3 Å². The van der Waals surface area contributed by atoms with Gasteiger partial charge in [0.1, 0.15) is 24.6 Å². The molecule has 71 heavy (non-hydrogen) atoms. The molecular weight excluding hydrogens is 899 g/mol. The minimum atomic E-state index is -1.54. The lowest BCUT2D eigenvalue weighted by Crippen LogP contribution is -2.62. The van der Waals surface area contributed by atoms with E-state index in [4.69, 9.17) is 14.2 Å². The molecule has 3 aliphatic heterocycles. The molecule has 13 heteroatoms. The summed E-state index contributed by atoms with van der Waals surface area (Å²) in [5, 5.41) is 21.5. The zero-order chi connectivity index (χ0) is 54.7. The number of hydrogen-bond donors (Lipinski definition) is 2. The first-order valence-electron chi connectivity index (χ1n) is 26.5. The number of likely N-dealkylation sites (tertiary alicyclic amines) is 3. The van der Waals surface area contributed by atoms with Gasteiger partial charge < -0.3 is 29.2 Å². The Labute approximate surface area is 430 Å². The number of nitrogens with zero attached hydrogens (tertiary/aromatic N) is 3. The lowest BCUT2D eigenvalue weighted by atomic mass is 9.73. The predicted octanol–water partition coefficient (Wildman–Crippen LogP) is 10.6. The molecule has 0 aromatic heterocycles. The first-order valence-corrected chi connectivity index (χ1v) is 26.5. The molecule has 408 valence electrons. The third kappa shape index (κ3) is 15.6. The second-order valence-electron chi connectivity index (χ2n) is 27.3. The van der Waals surface area contributed by atoms with Gasteiger partial charge in [-0.2, -0.15) is 0 Å². The van der Waals surface area contributed by atoms with Crippen LogP contribution in [0, 0.1) is 5.41 Å². The summed E-state index contributed by atoms with van der Waals surface area (Å²) in [7, 11) is 5.56. The highest BCUT2D eigenvalue weighted by Gasteiger charge is 2.54. The van der Waals surface area contributed by atoms with Crippen molar-refractivity contribution < 1.29 is 48.3 Å². The number of carbonyl (C=O) groups is 4. The van der Waals surface area contributed by atoms with Gasteiger partial charge in [-0.25, -0.2) is 0 Å². The van der Waals surface area contributed by atoms with Crippen molar-refractivity contribution in [2.45, 2.75) is 271 Å². The lowest BCUT2D eigenvalue weighted by molar-refractivity contribution is -0.188. The van der Waals surface area contributed by atoms with E-state index in [1.165, 1.54) is 7.11 Å². The zero-order valence-electron chi connectivity index (χ0n) is 48.8. The van der Waals surface area contributed by atoms with Crippen LogP contribution in [0.1, 0.15) is 219 Å². The van der Waals surface area contributed by atoms with Crippen LogP contribution in [0.5, 0.6) is 5.75 Å². The van der Waals surface area contributed by atoms with Crippen LogP contribution in [0.3, 0.4) is 0 Å². The highest BCUT2D eigenvalue weighted by Crippen LogP contribution is 2.46. The lowest BCUT2D eigenvalue weighted by Gasteiger charge is -2.54. The fraction of sp³-hybridized carbons (Fsp3) is 0.828. The second-order valence-corrected chi connectivity index (χ2v) is 27.3. The van der Waals surface area contributed by atoms with Crippen LogP contribution in [-0.4, -0.2) is 135 Å². The summed E-state index contributed by atoms with van der Waals surface area (Å²) in [4.78, 5) is 59.5. The number of aliphatic hydroxyl groups is 1. The Morgan fingerprint density at radius 1 is 0.634 bits per heavy atom. The third-order valence-electron chi connectivity index (χ3n) is 16.4. The highest BCUT2D eigenvalue weighted by atomic mass is 16.6. The number of piperidine rings is 3. The van der Waals surface area contributed by atoms with Crippen LogP contribution >= 0.6 is 0 Å². The summed E-state index contributed by atoms with van der Waals surface area (Å²) in [5.41, 5.74) is -0.868. The maximum atomic E-state index is 15.0. The Morgan fingerprint density at radius 3 is 1.37 bits per heavy atom. The van der Waals surface area contributed by atoms with Crippen LogP contribution in [0.2, 0.25) is 0 Å². The third-order valence-corrected chi connectivity index (χ3v) is 16.4. The molecule has 0 bridgehead atoms. The van der Waals surface area contributed by atoms with Crippen molar-refractivity contribution >= 4 is 23.9 Å². The number of phenolic OH excluding ortho intramolecular Hbond substituents is 1. The smallest absolute Gasteiger partial charge is 0.324 e. The molecule has 3 heterocycles. The molecule has 0 unspecified atom stereocenters. The van der Waals surface area contributed by atoms with Gasteiger partial charge in [-0.1, -0.05) is 73.4 Å². The number of methoxy groups -OCH3 is 1. The van der Waals surface area contributed by atoms with Gasteiger partial charge in [-0.15, -0.1) is 0 Å². The van der Waals surface area contributed by atoms with E-state index >= 15 is 0 Å². The number of benzene rings is 1. The molecule has 13 nitrogen and oxygen atoms in total. The van der Waals surface area contributed by atoms with E-state index in [2.05, 4.69) is 165 Å². The predicted molar refractivity (Wildman–Crippen MR) is 284 cm³/mol. The van der Waals surface area contributed by atoms with E-state index in [1.54, 1.807) is 0 Å². The largest absolute Gasteiger partial charge is 0.507 e. The molecule has 0 atom stereocenters. The minimum absolute atomic E-state index is 0.0399. The molecule has 3 saturated heterocycles. The molecule has 0 radical (unpaired) electrons. The number of hydrogen-bond acceptors (Lipinski definition) is 13. The average Bonchev–Trinajstić information content (AvgIpc) is 3.19. The Kier molecular flexibility index (Phi) is 19.8.